The minimum absolute atomic E-state index is 0.130. The quantitative estimate of drug-likeness (QED) is 0.558. The molecule has 4 heteroatoms. The zero-order valence-electron chi connectivity index (χ0n) is 8.95. The molecule has 0 bridgehead atoms. The molecule has 2 unspecified atom stereocenters. The molecule has 1 fully saturated rings. The second-order valence-corrected chi connectivity index (χ2v) is 3.89. The van der Waals surface area contributed by atoms with E-state index in [4.69, 9.17) is 5.11 Å². The van der Waals surface area contributed by atoms with Gasteiger partial charge in [-0.1, -0.05) is 13.3 Å². The van der Waals surface area contributed by atoms with Crippen LogP contribution in [0, 0.1) is 0 Å². The molecule has 3 N–H and O–H groups in total. The highest BCUT2D eigenvalue weighted by Crippen LogP contribution is 2.12. The van der Waals surface area contributed by atoms with E-state index in [0.717, 1.165) is 39.0 Å². The normalized spacial score (nSPS) is 23.4. The number of aliphatic hydroxyl groups is 2. The minimum Gasteiger partial charge on any atom is -0.394 e. The Balaban J connectivity index is 2.46. The van der Waals surface area contributed by atoms with E-state index in [1.165, 1.54) is 0 Å². The fraction of sp³-hybridized carbons (Fsp3) is 1.00. The van der Waals surface area contributed by atoms with Gasteiger partial charge in [0.25, 0.3) is 0 Å². The average Bonchev–Trinajstić information content (AvgIpc) is 2.26. The number of hydrogen-bond donors (Lipinski definition) is 3. The van der Waals surface area contributed by atoms with Gasteiger partial charge in [0.05, 0.1) is 12.7 Å². The number of piperazine rings is 1. The van der Waals surface area contributed by atoms with Gasteiger partial charge in [-0.3, -0.25) is 4.90 Å². The van der Waals surface area contributed by atoms with Crippen LogP contribution in [0.25, 0.3) is 0 Å². The summed E-state index contributed by atoms with van der Waals surface area (Å²) in [5.74, 6) is 0. The van der Waals surface area contributed by atoms with Crippen LogP contribution in [0.2, 0.25) is 0 Å². The molecule has 1 rings (SSSR count). The van der Waals surface area contributed by atoms with Gasteiger partial charge in [-0.05, 0) is 6.42 Å². The van der Waals surface area contributed by atoms with Gasteiger partial charge in [0, 0.05) is 32.2 Å². The van der Waals surface area contributed by atoms with Crippen molar-refractivity contribution in [2.45, 2.75) is 31.9 Å². The van der Waals surface area contributed by atoms with E-state index in [9.17, 15) is 5.11 Å². The van der Waals surface area contributed by atoms with Gasteiger partial charge >= 0.3 is 0 Å². The Hall–Kier alpha value is -0.160. The first kappa shape index (κ1) is 11.9. The highest BCUT2D eigenvalue weighted by atomic mass is 16.3. The zero-order valence-corrected chi connectivity index (χ0v) is 8.95. The third-order valence-electron chi connectivity index (χ3n) is 2.84. The van der Waals surface area contributed by atoms with Crippen molar-refractivity contribution in [3.63, 3.8) is 0 Å². The van der Waals surface area contributed by atoms with E-state index in [1.54, 1.807) is 0 Å². The molecule has 0 aromatic carbocycles. The van der Waals surface area contributed by atoms with Crippen molar-refractivity contribution in [2.75, 3.05) is 32.8 Å². The van der Waals surface area contributed by atoms with Crippen LogP contribution < -0.4 is 5.32 Å². The number of nitrogens with one attached hydrogen (secondary N) is 1. The maximum Gasteiger partial charge on any atom is 0.0925 e. The standard InChI is InChI=1S/C10H22N2O2/c1-2-3-9(10(14)8-13)12-6-4-11-5-7-12/h9-11,13-14H,2-8H2,1H3. The molecule has 1 saturated heterocycles. The summed E-state index contributed by atoms with van der Waals surface area (Å²) in [5, 5.41) is 21.9. The summed E-state index contributed by atoms with van der Waals surface area (Å²) < 4.78 is 0. The van der Waals surface area contributed by atoms with E-state index in [2.05, 4.69) is 17.1 Å². The number of aliphatic hydroxyl groups excluding tert-OH is 2. The third kappa shape index (κ3) is 3.20. The molecule has 1 heterocycles. The summed E-state index contributed by atoms with van der Waals surface area (Å²) in [7, 11) is 0. The highest BCUT2D eigenvalue weighted by Gasteiger charge is 2.25. The van der Waals surface area contributed by atoms with E-state index in [-0.39, 0.29) is 12.6 Å². The average molecular weight is 202 g/mol. The molecule has 1 aliphatic heterocycles. The second kappa shape index (κ2) is 6.35. The van der Waals surface area contributed by atoms with Crippen molar-refractivity contribution >= 4 is 0 Å². The van der Waals surface area contributed by atoms with Crippen molar-refractivity contribution in [3.8, 4) is 0 Å². The Kier molecular flexibility index (Phi) is 5.40. The van der Waals surface area contributed by atoms with Crippen LogP contribution in [0.15, 0.2) is 0 Å². The summed E-state index contributed by atoms with van der Waals surface area (Å²) in [6.45, 7) is 5.90. The highest BCUT2D eigenvalue weighted by molar-refractivity contribution is 4.81. The van der Waals surface area contributed by atoms with E-state index >= 15 is 0 Å². The largest absolute Gasteiger partial charge is 0.394 e. The van der Waals surface area contributed by atoms with Gasteiger partial charge in [0.1, 0.15) is 0 Å². The van der Waals surface area contributed by atoms with Crippen LogP contribution in [-0.2, 0) is 0 Å². The van der Waals surface area contributed by atoms with E-state index in [1.807, 2.05) is 0 Å². The first-order chi connectivity index (χ1) is 6.79. The minimum atomic E-state index is -0.590. The SMILES string of the molecule is CCCC(C(O)CO)N1CCNCC1. The van der Waals surface area contributed by atoms with Crippen LogP contribution in [0.5, 0.6) is 0 Å². The summed E-state index contributed by atoms with van der Waals surface area (Å²) in [6.07, 6.45) is 1.42. The number of hydrogen-bond acceptors (Lipinski definition) is 4. The smallest absolute Gasteiger partial charge is 0.0925 e. The molecule has 84 valence electrons. The lowest BCUT2D eigenvalue weighted by Gasteiger charge is -2.37. The van der Waals surface area contributed by atoms with Crippen molar-refractivity contribution < 1.29 is 10.2 Å². The Morgan fingerprint density at radius 1 is 1.36 bits per heavy atom. The molecule has 4 nitrogen and oxygen atoms in total. The summed E-state index contributed by atoms with van der Waals surface area (Å²) >= 11 is 0. The van der Waals surface area contributed by atoms with Crippen molar-refractivity contribution in [2.24, 2.45) is 0 Å². The Bertz CT molecular complexity index is 149. The predicted octanol–water partition coefficient (Wildman–Crippen LogP) is -0.586. The Morgan fingerprint density at radius 3 is 2.50 bits per heavy atom. The summed E-state index contributed by atoms with van der Waals surface area (Å²) in [6, 6.07) is 0.132. The van der Waals surface area contributed by atoms with Crippen molar-refractivity contribution in [1.29, 1.82) is 0 Å². The van der Waals surface area contributed by atoms with Crippen LogP contribution in [0.4, 0.5) is 0 Å². The monoisotopic (exact) mass is 202 g/mol. The number of nitrogens with zero attached hydrogens (tertiary/aromatic N) is 1. The lowest BCUT2D eigenvalue weighted by atomic mass is 10.0. The molecule has 2 atom stereocenters. The molecule has 0 amide bonds. The molecule has 0 aliphatic carbocycles. The summed E-state index contributed by atoms with van der Waals surface area (Å²) in [4.78, 5) is 2.28. The Labute approximate surface area is 85.9 Å². The maximum absolute atomic E-state index is 9.69. The molecule has 1 aliphatic rings. The third-order valence-corrected chi connectivity index (χ3v) is 2.84. The molecule has 0 saturated carbocycles. The lowest BCUT2D eigenvalue weighted by molar-refractivity contribution is 0.00258. The molecule has 0 aromatic heterocycles. The fourth-order valence-corrected chi connectivity index (χ4v) is 2.05. The van der Waals surface area contributed by atoms with Crippen LogP contribution in [0.1, 0.15) is 19.8 Å². The van der Waals surface area contributed by atoms with Crippen LogP contribution >= 0.6 is 0 Å². The zero-order chi connectivity index (χ0) is 10.4. The first-order valence-electron chi connectivity index (χ1n) is 5.53. The topological polar surface area (TPSA) is 55.7 Å². The molecular weight excluding hydrogens is 180 g/mol. The van der Waals surface area contributed by atoms with Crippen molar-refractivity contribution in [1.82, 2.24) is 10.2 Å². The van der Waals surface area contributed by atoms with Gasteiger partial charge in [0.15, 0.2) is 0 Å². The second-order valence-electron chi connectivity index (χ2n) is 3.89. The van der Waals surface area contributed by atoms with Gasteiger partial charge in [-0.25, -0.2) is 0 Å². The maximum atomic E-state index is 9.69. The van der Waals surface area contributed by atoms with Crippen LogP contribution in [-0.4, -0.2) is 60.0 Å². The summed E-state index contributed by atoms with van der Waals surface area (Å²) in [5.41, 5.74) is 0. The number of rotatable bonds is 5. The lowest BCUT2D eigenvalue weighted by Crippen LogP contribution is -2.53. The molecule has 0 aromatic rings. The predicted molar refractivity (Wildman–Crippen MR) is 56.2 cm³/mol. The fourth-order valence-electron chi connectivity index (χ4n) is 2.05. The van der Waals surface area contributed by atoms with Crippen molar-refractivity contribution in [3.05, 3.63) is 0 Å². The van der Waals surface area contributed by atoms with Crippen LogP contribution in [0.3, 0.4) is 0 Å². The van der Waals surface area contributed by atoms with E-state index in [0.29, 0.717) is 0 Å². The molecular formula is C10H22N2O2. The van der Waals surface area contributed by atoms with Gasteiger partial charge in [0.2, 0.25) is 0 Å². The Morgan fingerprint density at radius 2 is 2.00 bits per heavy atom. The molecule has 14 heavy (non-hydrogen) atoms. The molecule has 0 radical (unpaired) electrons. The molecule has 0 spiro atoms. The van der Waals surface area contributed by atoms with Gasteiger partial charge in [-0.2, -0.15) is 0 Å². The first-order valence-corrected chi connectivity index (χ1v) is 5.53. The van der Waals surface area contributed by atoms with Gasteiger partial charge in [-0.15, -0.1) is 0 Å². The van der Waals surface area contributed by atoms with Gasteiger partial charge < -0.3 is 15.5 Å². The van der Waals surface area contributed by atoms with E-state index < -0.39 is 6.10 Å².